The Morgan fingerprint density at radius 3 is 1.74 bits per heavy atom. The van der Waals surface area contributed by atoms with Crippen molar-refractivity contribution in [2.75, 3.05) is 19.8 Å². The third-order valence-corrected chi connectivity index (χ3v) is 5.36. The highest BCUT2D eigenvalue weighted by Gasteiger charge is 2.10. The number of unbranched alkanes of at least 4 members (excludes halogenated alkanes) is 1. The third kappa shape index (κ3) is 9.46. The quantitative estimate of drug-likeness (QED) is 0.118. The van der Waals surface area contributed by atoms with Gasteiger partial charge in [-0.1, -0.05) is 30.8 Å². The van der Waals surface area contributed by atoms with Crippen molar-refractivity contribution in [3.63, 3.8) is 0 Å². The summed E-state index contributed by atoms with van der Waals surface area (Å²) in [6.45, 7) is 4.50. The molecular weight excluding hydrogens is 488 g/mol. The largest absolute Gasteiger partial charge is 0.494 e. The van der Waals surface area contributed by atoms with Gasteiger partial charge in [0.2, 0.25) is 0 Å². The lowest BCUT2D eigenvalue weighted by molar-refractivity contribution is -0.138. The van der Waals surface area contributed by atoms with Crippen LogP contribution >= 0.6 is 0 Å². The summed E-state index contributed by atoms with van der Waals surface area (Å²) < 4.78 is 21.6. The first-order valence-corrected chi connectivity index (χ1v) is 12.2. The average molecular weight is 519 g/mol. The maximum absolute atomic E-state index is 12.5. The number of hydrogen-bond acceptors (Lipinski definition) is 7. The van der Waals surface area contributed by atoms with Gasteiger partial charge in [0.25, 0.3) is 0 Å². The molecule has 3 rings (SSSR count). The van der Waals surface area contributed by atoms with Crippen molar-refractivity contribution in [3.8, 4) is 28.4 Å². The zero-order valence-electron chi connectivity index (χ0n) is 21.0. The number of esters is 2. The van der Waals surface area contributed by atoms with E-state index in [1.54, 1.807) is 36.4 Å². The van der Waals surface area contributed by atoms with Crippen LogP contribution in [0.5, 0.6) is 17.2 Å². The first-order valence-electron chi connectivity index (χ1n) is 12.2. The number of benzene rings is 3. The maximum Gasteiger partial charge on any atom is 0.343 e. The normalized spacial score (nSPS) is 10.3. The molecule has 0 bridgehead atoms. The maximum atomic E-state index is 12.5. The number of rotatable bonds is 15. The fraction of sp³-hybridized carbons (Fsp3) is 0.233. The van der Waals surface area contributed by atoms with Crippen molar-refractivity contribution in [2.45, 2.75) is 25.7 Å². The Morgan fingerprint density at radius 2 is 1.18 bits per heavy atom. The molecule has 8 nitrogen and oxygen atoms in total. The van der Waals surface area contributed by atoms with E-state index in [-0.39, 0.29) is 13.0 Å². The van der Waals surface area contributed by atoms with Crippen LogP contribution < -0.4 is 14.2 Å². The number of ether oxygens (including phenoxy) is 4. The monoisotopic (exact) mass is 518 g/mol. The number of carboxylic acids is 1. The first kappa shape index (κ1) is 28.0. The molecule has 0 amide bonds. The van der Waals surface area contributed by atoms with E-state index >= 15 is 0 Å². The summed E-state index contributed by atoms with van der Waals surface area (Å²) in [7, 11) is 0. The molecule has 0 aliphatic heterocycles. The van der Waals surface area contributed by atoms with Gasteiger partial charge in [-0.2, -0.15) is 0 Å². The molecule has 198 valence electrons. The van der Waals surface area contributed by atoms with E-state index in [0.717, 1.165) is 29.4 Å². The smallest absolute Gasteiger partial charge is 0.343 e. The summed E-state index contributed by atoms with van der Waals surface area (Å²) >= 11 is 0. The lowest BCUT2D eigenvalue weighted by atomic mass is 10.1. The summed E-state index contributed by atoms with van der Waals surface area (Å²) in [6, 6.07) is 21.4. The lowest BCUT2D eigenvalue weighted by Crippen LogP contribution is -2.08. The molecule has 0 aliphatic rings. The Bertz CT molecular complexity index is 1200. The Hall–Kier alpha value is -4.59. The Labute approximate surface area is 221 Å². The van der Waals surface area contributed by atoms with E-state index in [2.05, 4.69) is 6.58 Å². The van der Waals surface area contributed by atoms with Gasteiger partial charge in [-0.05, 0) is 78.9 Å². The van der Waals surface area contributed by atoms with E-state index in [4.69, 9.17) is 24.1 Å². The van der Waals surface area contributed by atoms with Crippen LogP contribution in [-0.4, -0.2) is 42.8 Å². The zero-order valence-corrected chi connectivity index (χ0v) is 21.0. The van der Waals surface area contributed by atoms with Crippen molar-refractivity contribution < 1.29 is 38.4 Å². The van der Waals surface area contributed by atoms with Gasteiger partial charge in [0.1, 0.15) is 17.2 Å². The van der Waals surface area contributed by atoms with E-state index in [1.165, 1.54) is 0 Å². The Balaban J connectivity index is 1.43. The van der Waals surface area contributed by atoms with Gasteiger partial charge in [0, 0.05) is 12.5 Å². The second kappa shape index (κ2) is 14.8. The first-order chi connectivity index (χ1) is 18.4. The standard InChI is InChI=1S/C30H30O8/c1-2-29(33)37-20-4-3-19-35-25-13-7-22(8-14-25)23-9-17-27(18-10-23)38-30(34)24-11-15-26(16-12-24)36-21-5-6-28(31)32/h2,7-18H,1,3-6,19-21H2,(H,31,32). The van der Waals surface area contributed by atoms with Crippen LogP contribution in [-0.2, 0) is 14.3 Å². The minimum absolute atomic E-state index is 0.0438. The number of carboxylic acid groups (broad SMARTS) is 1. The molecule has 0 radical (unpaired) electrons. The number of aliphatic carboxylic acids is 1. The Morgan fingerprint density at radius 1 is 0.684 bits per heavy atom. The van der Waals surface area contributed by atoms with Crippen LogP contribution in [0.3, 0.4) is 0 Å². The summed E-state index contributed by atoms with van der Waals surface area (Å²) in [6.07, 6.45) is 3.07. The molecule has 0 fully saturated rings. The molecule has 0 saturated heterocycles. The zero-order chi connectivity index (χ0) is 27.2. The molecule has 0 unspecified atom stereocenters. The molecule has 8 heteroatoms. The second-order valence-corrected chi connectivity index (χ2v) is 8.24. The molecular formula is C30H30O8. The van der Waals surface area contributed by atoms with Gasteiger partial charge in [-0.3, -0.25) is 4.79 Å². The Kier molecular flexibility index (Phi) is 10.9. The molecule has 0 spiro atoms. The van der Waals surface area contributed by atoms with Gasteiger partial charge in [-0.15, -0.1) is 0 Å². The number of carbonyl (C=O) groups excluding carboxylic acids is 2. The van der Waals surface area contributed by atoms with Crippen LogP contribution in [0.2, 0.25) is 0 Å². The SMILES string of the molecule is C=CC(=O)OCCCCOc1ccc(-c2ccc(OC(=O)c3ccc(OCCCC(=O)O)cc3)cc2)cc1. The number of carbonyl (C=O) groups is 3. The van der Waals surface area contributed by atoms with Crippen LogP contribution in [0.4, 0.5) is 0 Å². The fourth-order valence-corrected chi connectivity index (χ4v) is 3.35. The average Bonchev–Trinajstić information content (AvgIpc) is 2.94. The van der Waals surface area contributed by atoms with E-state index in [0.29, 0.717) is 43.1 Å². The summed E-state index contributed by atoms with van der Waals surface area (Å²) in [5.74, 6) is -0.0462. The minimum atomic E-state index is -0.863. The highest BCUT2D eigenvalue weighted by molar-refractivity contribution is 5.91. The van der Waals surface area contributed by atoms with Crippen molar-refractivity contribution in [1.82, 2.24) is 0 Å². The van der Waals surface area contributed by atoms with Gasteiger partial charge in [0.15, 0.2) is 0 Å². The van der Waals surface area contributed by atoms with Crippen LogP contribution in [0.25, 0.3) is 11.1 Å². The number of hydrogen-bond donors (Lipinski definition) is 1. The molecule has 38 heavy (non-hydrogen) atoms. The lowest BCUT2D eigenvalue weighted by Gasteiger charge is -2.09. The highest BCUT2D eigenvalue weighted by Crippen LogP contribution is 2.25. The predicted octanol–water partition coefficient (Wildman–Crippen LogP) is 5.70. The molecule has 0 saturated carbocycles. The van der Waals surface area contributed by atoms with Crippen molar-refractivity contribution in [2.24, 2.45) is 0 Å². The van der Waals surface area contributed by atoms with Crippen molar-refractivity contribution in [3.05, 3.63) is 91.0 Å². The third-order valence-electron chi connectivity index (χ3n) is 5.36. The second-order valence-electron chi connectivity index (χ2n) is 8.24. The molecule has 3 aromatic carbocycles. The molecule has 0 heterocycles. The summed E-state index contributed by atoms with van der Waals surface area (Å²) in [5.41, 5.74) is 2.33. The molecule has 0 aliphatic carbocycles. The van der Waals surface area contributed by atoms with E-state index in [9.17, 15) is 14.4 Å². The minimum Gasteiger partial charge on any atom is -0.494 e. The van der Waals surface area contributed by atoms with E-state index < -0.39 is 17.9 Å². The van der Waals surface area contributed by atoms with Crippen molar-refractivity contribution >= 4 is 17.9 Å². The van der Waals surface area contributed by atoms with Gasteiger partial charge >= 0.3 is 17.9 Å². The van der Waals surface area contributed by atoms with Gasteiger partial charge in [0.05, 0.1) is 25.4 Å². The summed E-state index contributed by atoms with van der Waals surface area (Å²) in [4.78, 5) is 34.0. The molecule has 0 atom stereocenters. The summed E-state index contributed by atoms with van der Waals surface area (Å²) in [5, 5.41) is 8.65. The van der Waals surface area contributed by atoms with Gasteiger partial charge in [-0.25, -0.2) is 9.59 Å². The van der Waals surface area contributed by atoms with Crippen LogP contribution in [0.15, 0.2) is 85.5 Å². The van der Waals surface area contributed by atoms with E-state index in [1.807, 2.05) is 36.4 Å². The van der Waals surface area contributed by atoms with Crippen molar-refractivity contribution in [1.29, 1.82) is 0 Å². The predicted molar refractivity (Wildman–Crippen MR) is 142 cm³/mol. The fourth-order valence-electron chi connectivity index (χ4n) is 3.35. The highest BCUT2D eigenvalue weighted by atomic mass is 16.5. The topological polar surface area (TPSA) is 108 Å². The molecule has 0 aromatic heterocycles. The van der Waals surface area contributed by atoms with Crippen LogP contribution in [0, 0.1) is 0 Å². The molecule has 3 aromatic rings. The molecule has 1 N–H and O–H groups in total. The van der Waals surface area contributed by atoms with Gasteiger partial charge < -0.3 is 24.1 Å². The van der Waals surface area contributed by atoms with Crippen LogP contribution in [0.1, 0.15) is 36.0 Å².